The summed E-state index contributed by atoms with van der Waals surface area (Å²) in [5.74, 6) is 1.14. The Labute approximate surface area is 165 Å². The number of rotatable bonds is 6. The fourth-order valence-corrected chi connectivity index (χ4v) is 4.11. The summed E-state index contributed by atoms with van der Waals surface area (Å²) in [6, 6.07) is 5.20. The zero-order chi connectivity index (χ0) is 19.2. The highest BCUT2D eigenvalue weighted by molar-refractivity contribution is 6.32. The quantitative estimate of drug-likeness (QED) is 0.782. The van der Waals surface area contributed by atoms with Crippen LogP contribution in [0.2, 0.25) is 5.02 Å². The Morgan fingerprint density at radius 1 is 1.33 bits per heavy atom. The number of ether oxygens (including phenoxy) is 1. The van der Waals surface area contributed by atoms with Gasteiger partial charge in [0, 0.05) is 30.8 Å². The minimum Gasteiger partial charge on any atom is -0.495 e. The number of hydrogen-bond acceptors (Lipinski definition) is 3. The van der Waals surface area contributed by atoms with Crippen LogP contribution in [0.5, 0.6) is 5.75 Å². The Morgan fingerprint density at radius 2 is 2.19 bits per heavy atom. The van der Waals surface area contributed by atoms with Crippen molar-refractivity contribution in [1.29, 1.82) is 0 Å². The number of anilines is 1. The summed E-state index contributed by atoms with van der Waals surface area (Å²) >= 11 is 6.09. The van der Waals surface area contributed by atoms with Crippen LogP contribution in [0.4, 0.5) is 5.69 Å². The van der Waals surface area contributed by atoms with E-state index in [9.17, 15) is 9.59 Å². The molecule has 2 aliphatic rings. The zero-order valence-electron chi connectivity index (χ0n) is 15.8. The van der Waals surface area contributed by atoms with E-state index in [4.69, 9.17) is 16.3 Å². The van der Waals surface area contributed by atoms with Gasteiger partial charge in [0.2, 0.25) is 11.8 Å². The van der Waals surface area contributed by atoms with Gasteiger partial charge in [-0.05, 0) is 62.6 Å². The molecule has 0 bridgehead atoms. The van der Waals surface area contributed by atoms with Gasteiger partial charge in [0.25, 0.3) is 0 Å². The van der Waals surface area contributed by atoms with Crippen molar-refractivity contribution in [2.45, 2.75) is 44.9 Å². The molecule has 0 aromatic heterocycles. The predicted molar refractivity (Wildman–Crippen MR) is 107 cm³/mol. The Hall–Kier alpha value is -2.01. The van der Waals surface area contributed by atoms with Gasteiger partial charge in [-0.2, -0.15) is 0 Å². The molecule has 1 aliphatic carbocycles. The zero-order valence-corrected chi connectivity index (χ0v) is 16.6. The molecule has 1 atom stereocenters. The smallest absolute Gasteiger partial charge is 0.249 e. The van der Waals surface area contributed by atoms with Gasteiger partial charge >= 0.3 is 0 Å². The number of nitrogens with zero attached hydrogens (tertiary/aromatic N) is 1. The summed E-state index contributed by atoms with van der Waals surface area (Å²) in [4.78, 5) is 26.8. The number of likely N-dealkylation sites (tertiary alicyclic amines) is 1. The first kappa shape index (κ1) is 19.7. The van der Waals surface area contributed by atoms with Crippen LogP contribution in [0.3, 0.4) is 0 Å². The Bertz CT molecular complexity index is 732. The third kappa shape index (κ3) is 5.25. The Balaban J connectivity index is 1.47. The van der Waals surface area contributed by atoms with Crippen LogP contribution in [0.1, 0.15) is 44.9 Å². The van der Waals surface area contributed by atoms with E-state index >= 15 is 0 Å². The molecule has 1 heterocycles. The van der Waals surface area contributed by atoms with E-state index < -0.39 is 0 Å². The number of amides is 2. The van der Waals surface area contributed by atoms with Crippen molar-refractivity contribution < 1.29 is 14.3 Å². The molecule has 0 saturated carbocycles. The average molecular weight is 391 g/mol. The molecule has 1 N–H and O–H groups in total. The number of hydrogen-bond donors (Lipinski definition) is 1. The minimum absolute atomic E-state index is 0.0295. The highest BCUT2D eigenvalue weighted by atomic mass is 35.5. The molecular weight excluding hydrogens is 364 g/mol. The minimum atomic E-state index is -0.0295. The normalized spacial score (nSPS) is 19.6. The van der Waals surface area contributed by atoms with E-state index in [0.717, 1.165) is 57.2 Å². The summed E-state index contributed by atoms with van der Waals surface area (Å²) in [5, 5.41) is 3.35. The van der Waals surface area contributed by atoms with Gasteiger partial charge in [0.1, 0.15) is 5.75 Å². The maximum Gasteiger partial charge on any atom is 0.249 e. The molecule has 3 rings (SSSR count). The number of halogens is 1. The van der Waals surface area contributed by atoms with E-state index in [1.807, 2.05) is 4.90 Å². The van der Waals surface area contributed by atoms with Crippen LogP contribution < -0.4 is 10.1 Å². The van der Waals surface area contributed by atoms with Crippen molar-refractivity contribution in [3.05, 3.63) is 34.9 Å². The topological polar surface area (TPSA) is 58.6 Å². The lowest BCUT2D eigenvalue weighted by Gasteiger charge is -2.33. The lowest BCUT2D eigenvalue weighted by molar-refractivity contribution is -0.129. The third-order valence-corrected chi connectivity index (χ3v) is 5.63. The van der Waals surface area contributed by atoms with Crippen molar-refractivity contribution in [2.24, 2.45) is 5.92 Å². The molecule has 146 valence electrons. The monoisotopic (exact) mass is 390 g/mol. The van der Waals surface area contributed by atoms with E-state index in [2.05, 4.69) is 11.4 Å². The molecule has 6 heteroatoms. The van der Waals surface area contributed by atoms with Gasteiger partial charge in [-0.25, -0.2) is 0 Å². The Kier molecular flexibility index (Phi) is 6.78. The predicted octanol–water partition coefficient (Wildman–Crippen LogP) is 4.42. The van der Waals surface area contributed by atoms with Gasteiger partial charge < -0.3 is 15.0 Å². The van der Waals surface area contributed by atoms with Gasteiger partial charge in [0.15, 0.2) is 0 Å². The van der Waals surface area contributed by atoms with E-state index in [1.54, 1.807) is 25.3 Å². The van der Waals surface area contributed by atoms with Crippen molar-refractivity contribution >= 4 is 29.1 Å². The van der Waals surface area contributed by atoms with Gasteiger partial charge in [0.05, 0.1) is 12.1 Å². The van der Waals surface area contributed by atoms with Crippen molar-refractivity contribution in [3.8, 4) is 5.75 Å². The van der Waals surface area contributed by atoms with Crippen molar-refractivity contribution in [3.63, 3.8) is 0 Å². The van der Waals surface area contributed by atoms with Gasteiger partial charge in [-0.1, -0.05) is 17.7 Å². The number of methoxy groups -OCH3 is 1. The number of allylic oxidation sites excluding steroid dienone is 1. The molecule has 1 aromatic rings. The first-order valence-electron chi connectivity index (χ1n) is 9.68. The number of piperidine rings is 1. The maximum absolute atomic E-state index is 12.6. The molecule has 0 spiro atoms. The molecule has 2 amide bonds. The van der Waals surface area contributed by atoms with Crippen LogP contribution in [0.15, 0.2) is 29.8 Å². The SMILES string of the molecule is COc1ccc(NC(=O)CCC2CCCN(C(=O)C3=CCCC3)C2)cc1Cl. The largest absolute Gasteiger partial charge is 0.495 e. The lowest BCUT2D eigenvalue weighted by Crippen LogP contribution is -2.40. The summed E-state index contributed by atoms with van der Waals surface area (Å²) in [5.41, 5.74) is 1.64. The van der Waals surface area contributed by atoms with Crippen LogP contribution >= 0.6 is 11.6 Å². The maximum atomic E-state index is 12.6. The second kappa shape index (κ2) is 9.27. The third-order valence-electron chi connectivity index (χ3n) is 5.34. The highest BCUT2D eigenvalue weighted by Gasteiger charge is 2.26. The van der Waals surface area contributed by atoms with Crippen LogP contribution in [0, 0.1) is 5.92 Å². The second-order valence-corrected chi connectivity index (χ2v) is 7.72. The average Bonchev–Trinajstić information content (AvgIpc) is 3.21. The summed E-state index contributed by atoms with van der Waals surface area (Å²) in [7, 11) is 1.56. The number of benzene rings is 1. The number of carbonyl (C=O) groups is 2. The lowest BCUT2D eigenvalue weighted by atomic mass is 9.92. The summed E-state index contributed by atoms with van der Waals surface area (Å²) in [6.07, 6.45) is 8.43. The first-order chi connectivity index (χ1) is 13.1. The summed E-state index contributed by atoms with van der Waals surface area (Å²) < 4.78 is 5.12. The molecule has 27 heavy (non-hydrogen) atoms. The van der Waals surface area contributed by atoms with E-state index in [0.29, 0.717) is 28.8 Å². The molecule has 1 aromatic carbocycles. The fraction of sp³-hybridized carbons (Fsp3) is 0.524. The molecule has 0 radical (unpaired) electrons. The highest BCUT2D eigenvalue weighted by Crippen LogP contribution is 2.28. The summed E-state index contributed by atoms with van der Waals surface area (Å²) in [6.45, 7) is 1.60. The number of carbonyl (C=O) groups excluding carboxylic acids is 2. The molecule has 1 unspecified atom stereocenters. The number of nitrogens with one attached hydrogen (secondary N) is 1. The molecule has 1 fully saturated rings. The van der Waals surface area contributed by atoms with Crippen molar-refractivity contribution in [2.75, 3.05) is 25.5 Å². The fourth-order valence-electron chi connectivity index (χ4n) is 3.86. The van der Waals surface area contributed by atoms with Crippen LogP contribution in [-0.4, -0.2) is 36.9 Å². The van der Waals surface area contributed by atoms with Gasteiger partial charge in [-0.15, -0.1) is 0 Å². The van der Waals surface area contributed by atoms with E-state index in [-0.39, 0.29) is 11.8 Å². The molecule has 1 aliphatic heterocycles. The first-order valence-corrected chi connectivity index (χ1v) is 10.1. The van der Waals surface area contributed by atoms with Gasteiger partial charge in [-0.3, -0.25) is 9.59 Å². The molecule has 5 nitrogen and oxygen atoms in total. The Morgan fingerprint density at radius 3 is 2.89 bits per heavy atom. The van der Waals surface area contributed by atoms with Crippen LogP contribution in [-0.2, 0) is 9.59 Å². The van der Waals surface area contributed by atoms with Crippen LogP contribution in [0.25, 0.3) is 0 Å². The van der Waals surface area contributed by atoms with Crippen molar-refractivity contribution in [1.82, 2.24) is 4.90 Å². The second-order valence-electron chi connectivity index (χ2n) is 7.32. The standard InChI is InChI=1S/C21H27ClN2O3/c1-27-19-10-9-17(13-18(19)22)23-20(25)11-8-15-5-4-12-24(14-15)21(26)16-6-2-3-7-16/h6,9-10,13,15H,2-5,7-8,11-12,14H2,1H3,(H,23,25). The molecule has 1 saturated heterocycles. The molecular formula is C21H27ClN2O3. The van der Waals surface area contributed by atoms with E-state index in [1.165, 1.54) is 0 Å².